The van der Waals surface area contributed by atoms with Crippen molar-refractivity contribution in [2.45, 2.75) is 13.5 Å². The van der Waals surface area contributed by atoms with E-state index in [1.165, 1.54) is 14.2 Å². The topological polar surface area (TPSA) is 70.5 Å². The Morgan fingerprint density at radius 2 is 1.72 bits per heavy atom. The quantitative estimate of drug-likeness (QED) is 0.665. The summed E-state index contributed by atoms with van der Waals surface area (Å²) in [6.07, 6.45) is 0. The monoisotopic (exact) mass is 338 g/mol. The van der Waals surface area contributed by atoms with E-state index in [1.54, 1.807) is 18.2 Å². The first kappa shape index (κ1) is 16.7. The first-order valence-corrected chi connectivity index (χ1v) is 7.74. The molecule has 0 fully saturated rings. The lowest BCUT2D eigenvalue weighted by molar-refractivity contribution is 0.0600. The predicted molar refractivity (Wildman–Crippen MR) is 92.9 cm³/mol. The van der Waals surface area contributed by atoms with Crippen LogP contribution in [0.1, 0.15) is 21.7 Å². The van der Waals surface area contributed by atoms with Gasteiger partial charge in [-0.15, -0.1) is 0 Å². The molecule has 0 saturated carbocycles. The van der Waals surface area contributed by atoms with Crippen LogP contribution in [0.4, 0.5) is 0 Å². The number of esters is 1. The van der Waals surface area contributed by atoms with Crippen molar-refractivity contribution in [1.82, 2.24) is 9.97 Å². The number of benzene rings is 2. The van der Waals surface area contributed by atoms with Crippen molar-refractivity contribution in [2.75, 3.05) is 14.2 Å². The molecule has 0 bridgehead atoms. The summed E-state index contributed by atoms with van der Waals surface area (Å²) >= 11 is 0. The van der Waals surface area contributed by atoms with Crippen molar-refractivity contribution in [3.8, 4) is 11.5 Å². The number of fused-ring (bicyclic) bond motifs is 1. The molecule has 6 heteroatoms. The molecule has 1 aromatic heterocycles. The standard InChI is InChI=1S/C19H18N2O4/c1-12-16(21-15-7-5-4-6-14(15)20-12)11-25-17-9-8-13(19(22)24-3)10-18(17)23-2/h4-10H,11H2,1-3H3. The first-order chi connectivity index (χ1) is 12.1. The maximum absolute atomic E-state index is 11.6. The maximum Gasteiger partial charge on any atom is 0.337 e. The number of ether oxygens (including phenoxy) is 3. The van der Waals surface area contributed by atoms with Gasteiger partial charge in [0.2, 0.25) is 0 Å². The van der Waals surface area contributed by atoms with E-state index in [1.807, 2.05) is 31.2 Å². The van der Waals surface area contributed by atoms with Crippen LogP contribution in [-0.2, 0) is 11.3 Å². The molecule has 0 aliphatic rings. The van der Waals surface area contributed by atoms with Crippen LogP contribution < -0.4 is 9.47 Å². The number of hydrogen-bond donors (Lipinski definition) is 0. The lowest BCUT2D eigenvalue weighted by Gasteiger charge is -2.12. The average Bonchev–Trinajstić information content (AvgIpc) is 2.65. The van der Waals surface area contributed by atoms with Gasteiger partial charge in [-0.05, 0) is 37.3 Å². The van der Waals surface area contributed by atoms with Crippen molar-refractivity contribution >= 4 is 17.0 Å². The van der Waals surface area contributed by atoms with Gasteiger partial charge in [-0.2, -0.15) is 0 Å². The van der Waals surface area contributed by atoms with E-state index in [2.05, 4.69) is 9.97 Å². The van der Waals surface area contributed by atoms with E-state index in [-0.39, 0.29) is 6.61 Å². The van der Waals surface area contributed by atoms with Gasteiger partial charge in [-0.1, -0.05) is 12.1 Å². The molecule has 0 aliphatic heterocycles. The number of aromatic nitrogens is 2. The highest BCUT2D eigenvalue weighted by atomic mass is 16.5. The summed E-state index contributed by atoms with van der Waals surface area (Å²) in [5.74, 6) is 0.542. The summed E-state index contributed by atoms with van der Waals surface area (Å²) < 4.78 is 15.8. The molecule has 0 unspecified atom stereocenters. The van der Waals surface area contributed by atoms with E-state index < -0.39 is 5.97 Å². The van der Waals surface area contributed by atoms with Crippen molar-refractivity contribution in [2.24, 2.45) is 0 Å². The third kappa shape index (κ3) is 3.52. The van der Waals surface area contributed by atoms with E-state index >= 15 is 0 Å². The predicted octanol–water partition coefficient (Wildman–Crippen LogP) is 3.31. The Hall–Kier alpha value is -3.15. The Morgan fingerprint density at radius 1 is 1.00 bits per heavy atom. The van der Waals surface area contributed by atoms with E-state index in [0.29, 0.717) is 17.1 Å². The van der Waals surface area contributed by atoms with Crippen LogP contribution in [0.15, 0.2) is 42.5 Å². The van der Waals surface area contributed by atoms with Crippen molar-refractivity contribution < 1.29 is 19.0 Å². The average molecular weight is 338 g/mol. The summed E-state index contributed by atoms with van der Waals surface area (Å²) in [6, 6.07) is 12.6. The highest BCUT2D eigenvalue weighted by Crippen LogP contribution is 2.29. The Bertz CT molecular complexity index is 924. The lowest BCUT2D eigenvalue weighted by Crippen LogP contribution is -2.06. The number of carbonyl (C=O) groups is 1. The van der Waals surface area contributed by atoms with Crippen LogP contribution in [0.2, 0.25) is 0 Å². The van der Waals surface area contributed by atoms with E-state index in [0.717, 1.165) is 22.4 Å². The van der Waals surface area contributed by atoms with Gasteiger partial charge in [0.15, 0.2) is 11.5 Å². The van der Waals surface area contributed by atoms with E-state index in [9.17, 15) is 4.79 Å². The molecule has 128 valence electrons. The second-order valence-electron chi connectivity index (χ2n) is 5.39. The van der Waals surface area contributed by atoms with Gasteiger partial charge in [0.05, 0.1) is 42.2 Å². The number of hydrogen-bond acceptors (Lipinski definition) is 6. The van der Waals surface area contributed by atoms with Gasteiger partial charge in [0.25, 0.3) is 0 Å². The third-order valence-corrected chi connectivity index (χ3v) is 3.79. The molecular weight excluding hydrogens is 320 g/mol. The second-order valence-corrected chi connectivity index (χ2v) is 5.39. The fourth-order valence-corrected chi connectivity index (χ4v) is 2.44. The summed E-state index contributed by atoms with van der Waals surface area (Å²) in [4.78, 5) is 20.8. The zero-order valence-corrected chi connectivity index (χ0v) is 14.3. The van der Waals surface area contributed by atoms with Gasteiger partial charge in [0, 0.05) is 0 Å². The highest BCUT2D eigenvalue weighted by molar-refractivity contribution is 5.90. The van der Waals surface area contributed by atoms with Crippen LogP contribution in [0.3, 0.4) is 0 Å². The zero-order chi connectivity index (χ0) is 17.8. The minimum atomic E-state index is -0.430. The number of nitrogens with zero attached hydrogens (tertiary/aromatic N) is 2. The first-order valence-electron chi connectivity index (χ1n) is 7.74. The third-order valence-electron chi connectivity index (χ3n) is 3.79. The summed E-state index contributed by atoms with van der Waals surface area (Å²) in [7, 11) is 2.85. The molecule has 3 aromatic rings. The fourth-order valence-electron chi connectivity index (χ4n) is 2.44. The molecule has 3 rings (SSSR count). The number of aryl methyl sites for hydroxylation is 1. The minimum Gasteiger partial charge on any atom is -0.493 e. The molecular formula is C19H18N2O4. The van der Waals surface area contributed by atoms with Gasteiger partial charge < -0.3 is 14.2 Å². The van der Waals surface area contributed by atoms with Crippen LogP contribution in [0, 0.1) is 6.92 Å². The Labute approximate surface area is 145 Å². The number of methoxy groups -OCH3 is 2. The molecule has 0 spiro atoms. The molecule has 6 nitrogen and oxygen atoms in total. The Morgan fingerprint density at radius 3 is 2.40 bits per heavy atom. The lowest BCUT2D eigenvalue weighted by atomic mass is 10.2. The molecule has 0 saturated heterocycles. The maximum atomic E-state index is 11.6. The van der Waals surface area contributed by atoms with Crippen molar-refractivity contribution in [3.63, 3.8) is 0 Å². The van der Waals surface area contributed by atoms with Gasteiger partial charge >= 0.3 is 5.97 Å². The smallest absolute Gasteiger partial charge is 0.337 e. The van der Waals surface area contributed by atoms with E-state index in [4.69, 9.17) is 14.2 Å². The fraction of sp³-hybridized carbons (Fsp3) is 0.211. The number of para-hydroxylation sites is 2. The van der Waals surface area contributed by atoms with Crippen molar-refractivity contribution in [1.29, 1.82) is 0 Å². The number of carbonyl (C=O) groups excluding carboxylic acids is 1. The largest absolute Gasteiger partial charge is 0.493 e. The molecule has 0 aliphatic carbocycles. The normalized spacial score (nSPS) is 10.5. The molecule has 1 heterocycles. The summed E-state index contributed by atoms with van der Waals surface area (Å²) in [6.45, 7) is 2.15. The number of rotatable bonds is 5. The Kier molecular flexibility index (Phi) is 4.79. The Balaban J connectivity index is 1.84. The van der Waals surface area contributed by atoms with Crippen LogP contribution in [0.5, 0.6) is 11.5 Å². The highest BCUT2D eigenvalue weighted by Gasteiger charge is 2.13. The van der Waals surface area contributed by atoms with Crippen LogP contribution in [-0.4, -0.2) is 30.2 Å². The van der Waals surface area contributed by atoms with Gasteiger partial charge in [-0.3, -0.25) is 0 Å². The van der Waals surface area contributed by atoms with Gasteiger partial charge in [0.1, 0.15) is 6.61 Å². The minimum absolute atomic E-state index is 0.248. The summed E-state index contributed by atoms with van der Waals surface area (Å²) in [5, 5.41) is 0. The van der Waals surface area contributed by atoms with Crippen molar-refractivity contribution in [3.05, 3.63) is 59.4 Å². The second kappa shape index (κ2) is 7.17. The zero-order valence-electron chi connectivity index (χ0n) is 14.3. The molecule has 0 N–H and O–H groups in total. The summed E-state index contributed by atoms with van der Waals surface area (Å²) in [5.41, 5.74) is 3.62. The SMILES string of the molecule is COC(=O)c1ccc(OCc2nc3ccccc3nc2C)c(OC)c1. The molecule has 0 atom stereocenters. The van der Waals surface area contributed by atoms with Gasteiger partial charge in [-0.25, -0.2) is 14.8 Å². The molecule has 25 heavy (non-hydrogen) atoms. The van der Waals surface area contributed by atoms with Crippen LogP contribution in [0.25, 0.3) is 11.0 Å². The molecule has 2 aromatic carbocycles. The van der Waals surface area contributed by atoms with Crippen LogP contribution >= 0.6 is 0 Å². The molecule has 0 radical (unpaired) electrons. The molecule has 0 amide bonds.